The van der Waals surface area contributed by atoms with Gasteiger partial charge in [0.2, 0.25) is 0 Å². The molecule has 0 saturated carbocycles. The number of hydrogen-bond donors (Lipinski definition) is 1. The van der Waals surface area contributed by atoms with Crippen LogP contribution in [0.5, 0.6) is 0 Å². The van der Waals surface area contributed by atoms with Crippen molar-refractivity contribution in [2.45, 2.75) is 39.3 Å². The average Bonchev–Trinajstić information content (AvgIpc) is 2.33. The van der Waals surface area contributed by atoms with E-state index in [-0.39, 0.29) is 17.3 Å². The van der Waals surface area contributed by atoms with E-state index in [2.05, 4.69) is 25.7 Å². The normalized spacial score (nSPS) is 25.9. The highest BCUT2D eigenvalue weighted by Gasteiger charge is 2.35. The van der Waals surface area contributed by atoms with Gasteiger partial charge in [0.05, 0.1) is 0 Å². The van der Waals surface area contributed by atoms with E-state index in [1.165, 1.54) is 17.7 Å². The number of nitrogens with zero attached hydrogens (tertiary/aromatic N) is 1. The highest BCUT2D eigenvalue weighted by Crippen LogP contribution is 2.32. The van der Waals surface area contributed by atoms with Crippen molar-refractivity contribution >= 4 is 0 Å². The summed E-state index contributed by atoms with van der Waals surface area (Å²) in [5, 5.41) is 0. The highest BCUT2D eigenvalue weighted by molar-refractivity contribution is 5.19. The molecule has 0 amide bonds. The van der Waals surface area contributed by atoms with Crippen molar-refractivity contribution in [2.75, 3.05) is 13.1 Å². The van der Waals surface area contributed by atoms with Crippen LogP contribution >= 0.6 is 0 Å². The fraction of sp³-hybridized carbons (Fsp3) is 0.600. The molecule has 0 spiro atoms. The summed E-state index contributed by atoms with van der Waals surface area (Å²) in [7, 11) is 0. The fourth-order valence-corrected chi connectivity index (χ4v) is 2.70. The molecule has 100 valence electrons. The maximum atomic E-state index is 12.9. The Morgan fingerprint density at radius 2 is 1.94 bits per heavy atom. The number of hydrogen-bond acceptors (Lipinski definition) is 2. The number of halogens is 1. The van der Waals surface area contributed by atoms with E-state index >= 15 is 0 Å². The molecule has 1 heterocycles. The summed E-state index contributed by atoms with van der Waals surface area (Å²) >= 11 is 0. The van der Waals surface area contributed by atoms with Gasteiger partial charge in [0.25, 0.3) is 0 Å². The van der Waals surface area contributed by atoms with Crippen LogP contribution in [0.1, 0.15) is 38.8 Å². The van der Waals surface area contributed by atoms with Crippen molar-refractivity contribution in [3.05, 3.63) is 35.6 Å². The van der Waals surface area contributed by atoms with Crippen molar-refractivity contribution < 1.29 is 4.39 Å². The lowest BCUT2D eigenvalue weighted by molar-refractivity contribution is 0.0664. The molecule has 2 unspecified atom stereocenters. The van der Waals surface area contributed by atoms with Crippen LogP contribution in [0.15, 0.2) is 24.3 Å². The van der Waals surface area contributed by atoms with Gasteiger partial charge in [-0.1, -0.05) is 26.0 Å². The lowest BCUT2D eigenvalue weighted by Crippen LogP contribution is -2.52. The summed E-state index contributed by atoms with van der Waals surface area (Å²) < 4.78 is 12.9. The zero-order valence-corrected chi connectivity index (χ0v) is 11.5. The SMILES string of the molecule is CC(c1ccc(F)cc1)N1CCC(N)C(C)(C)C1. The van der Waals surface area contributed by atoms with Crippen molar-refractivity contribution in [2.24, 2.45) is 11.1 Å². The molecule has 3 heteroatoms. The largest absolute Gasteiger partial charge is 0.327 e. The van der Waals surface area contributed by atoms with Crippen LogP contribution in [-0.2, 0) is 0 Å². The Labute approximate surface area is 109 Å². The fourth-order valence-electron chi connectivity index (χ4n) is 2.70. The Balaban J connectivity index is 2.10. The van der Waals surface area contributed by atoms with E-state index in [4.69, 9.17) is 5.73 Å². The Kier molecular flexibility index (Phi) is 3.74. The molecule has 1 aliphatic rings. The minimum Gasteiger partial charge on any atom is -0.327 e. The molecule has 2 rings (SSSR count). The van der Waals surface area contributed by atoms with Crippen LogP contribution in [-0.4, -0.2) is 24.0 Å². The maximum absolute atomic E-state index is 12.9. The average molecular weight is 250 g/mol. The molecule has 18 heavy (non-hydrogen) atoms. The van der Waals surface area contributed by atoms with E-state index in [1.54, 1.807) is 0 Å². The van der Waals surface area contributed by atoms with Crippen LogP contribution in [0.3, 0.4) is 0 Å². The summed E-state index contributed by atoms with van der Waals surface area (Å²) in [6.07, 6.45) is 1.03. The smallest absolute Gasteiger partial charge is 0.123 e. The van der Waals surface area contributed by atoms with Gasteiger partial charge in [0.15, 0.2) is 0 Å². The van der Waals surface area contributed by atoms with Gasteiger partial charge in [-0.05, 0) is 36.5 Å². The number of piperidine rings is 1. The standard InChI is InChI=1S/C15H23FN2/c1-11(12-4-6-13(16)7-5-12)18-9-8-14(17)15(2,3)10-18/h4-7,11,14H,8-10,17H2,1-3H3. The van der Waals surface area contributed by atoms with Crippen molar-refractivity contribution in [3.8, 4) is 0 Å². The van der Waals surface area contributed by atoms with Gasteiger partial charge in [0.1, 0.15) is 5.82 Å². The Morgan fingerprint density at radius 3 is 2.50 bits per heavy atom. The van der Waals surface area contributed by atoms with Gasteiger partial charge >= 0.3 is 0 Å². The third kappa shape index (κ3) is 2.73. The van der Waals surface area contributed by atoms with Gasteiger partial charge in [0, 0.05) is 25.2 Å². The molecule has 0 radical (unpaired) electrons. The van der Waals surface area contributed by atoms with Crippen molar-refractivity contribution in [1.29, 1.82) is 0 Å². The van der Waals surface area contributed by atoms with Crippen molar-refractivity contribution in [3.63, 3.8) is 0 Å². The Hall–Kier alpha value is -0.930. The summed E-state index contributed by atoms with van der Waals surface area (Å²) in [4.78, 5) is 2.44. The number of nitrogens with two attached hydrogens (primary N) is 1. The van der Waals surface area contributed by atoms with Gasteiger partial charge in [-0.3, -0.25) is 4.90 Å². The zero-order valence-electron chi connectivity index (χ0n) is 11.5. The van der Waals surface area contributed by atoms with Gasteiger partial charge in [-0.2, -0.15) is 0 Å². The molecule has 2 nitrogen and oxygen atoms in total. The lowest BCUT2D eigenvalue weighted by atomic mass is 9.79. The predicted molar refractivity (Wildman–Crippen MR) is 72.8 cm³/mol. The van der Waals surface area contributed by atoms with E-state index in [1.807, 2.05) is 12.1 Å². The minimum absolute atomic E-state index is 0.145. The summed E-state index contributed by atoms with van der Waals surface area (Å²) in [5.74, 6) is -0.174. The molecule has 0 aliphatic carbocycles. The molecule has 1 fully saturated rings. The molecule has 2 atom stereocenters. The van der Waals surface area contributed by atoms with Gasteiger partial charge in [-0.15, -0.1) is 0 Å². The third-order valence-corrected chi connectivity index (χ3v) is 4.24. The Bertz CT molecular complexity index is 399. The van der Waals surface area contributed by atoms with Crippen LogP contribution < -0.4 is 5.73 Å². The summed E-state index contributed by atoms with van der Waals surface area (Å²) in [6.45, 7) is 8.64. The molecule has 2 N–H and O–H groups in total. The molecular formula is C15H23FN2. The minimum atomic E-state index is -0.174. The summed E-state index contributed by atoms with van der Waals surface area (Å²) in [6, 6.07) is 7.41. The molecular weight excluding hydrogens is 227 g/mol. The van der Waals surface area contributed by atoms with E-state index in [9.17, 15) is 4.39 Å². The first-order valence-electron chi connectivity index (χ1n) is 6.65. The first-order chi connectivity index (χ1) is 8.40. The second-order valence-corrected chi connectivity index (χ2v) is 6.08. The third-order valence-electron chi connectivity index (χ3n) is 4.24. The monoisotopic (exact) mass is 250 g/mol. The zero-order chi connectivity index (χ0) is 13.3. The Morgan fingerprint density at radius 1 is 1.33 bits per heavy atom. The van der Waals surface area contributed by atoms with Gasteiger partial charge < -0.3 is 5.73 Å². The number of rotatable bonds is 2. The highest BCUT2D eigenvalue weighted by atomic mass is 19.1. The van der Waals surface area contributed by atoms with Crippen LogP contribution in [0.2, 0.25) is 0 Å². The topological polar surface area (TPSA) is 29.3 Å². The maximum Gasteiger partial charge on any atom is 0.123 e. The molecule has 0 bridgehead atoms. The molecule has 1 aromatic rings. The molecule has 1 aromatic carbocycles. The van der Waals surface area contributed by atoms with Crippen LogP contribution in [0.25, 0.3) is 0 Å². The second kappa shape index (κ2) is 4.98. The quantitative estimate of drug-likeness (QED) is 0.874. The van der Waals surface area contributed by atoms with Crippen molar-refractivity contribution in [1.82, 2.24) is 4.90 Å². The lowest BCUT2D eigenvalue weighted by Gasteiger charge is -2.45. The number of likely N-dealkylation sites (tertiary alicyclic amines) is 1. The summed E-state index contributed by atoms with van der Waals surface area (Å²) in [5.41, 5.74) is 7.47. The van der Waals surface area contributed by atoms with E-state index < -0.39 is 0 Å². The molecule has 1 aliphatic heterocycles. The molecule has 0 aromatic heterocycles. The van der Waals surface area contributed by atoms with Gasteiger partial charge in [-0.25, -0.2) is 4.39 Å². The van der Waals surface area contributed by atoms with Crippen LogP contribution in [0.4, 0.5) is 4.39 Å². The first-order valence-corrected chi connectivity index (χ1v) is 6.65. The first kappa shape index (κ1) is 13.5. The second-order valence-electron chi connectivity index (χ2n) is 6.08. The predicted octanol–water partition coefficient (Wildman–Crippen LogP) is 2.95. The number of benzene rings is 1. The van der Waals surface area contributed by atoms with E-state index in [0.717, 1.165) is 19.5 Å². The molecule has 1 saturated heterocycles. The van der Waals surface area contributed by atoms with E-state index in [0.29, 0.717) is 6.04 Å². The van der Waals surface area contributed by atoms with Crippen LogP contribution in [0, 0.1) is 11.2 Å².